The van der Waals surface area contributed by atoms with Crippen LogP contribution in [0.2, 0.25) is 0 Å². The highest BCUT2D eigenvalue weighted by Gasteiger charge is 2.30. The van der Waals surface area contributed by atoms with E-state index in [2.05, 4.69) is 20.2 Å². The van der Waals surface area contributed by atoms with Crippen LogP contribution in [0, 0.1) is 12.8 Å². The lowest BCUT2D eigenvalue weighted by molar-refractivity contribution is -0.153. The highest BCUT2D eigenvalue weighted by Crippen LogP contribution is 2.31. The molecule has 10 heteroatoms. The van der Waals surface area contributed by atoms with Gasteiger partial charge in [-0.15, -0.1) is 0 Å². The highest BCUT2D eigenvalue weighted by atomic mass is 32.1. The fourth-order valence-electron chi connectivity index (χ4n) is 4.95. The molecule has 1 aliphatic heterocycles. The van der Waals surface area contributed by atoms with Gasteiger partial charge in [0.05, 0.1) is 12.1 Å². The lowest BCUT2D eigenvalue weighted by Crippen LogP contribution is -2.39. The second-order valence-electron chi connectivity index (χ2n) is 9.65. The average molecular weight is 511 g/mol. The van der Waals surface area contributed by atoms with Gasteiger partial charge in [0.15, 0.2) is 6.61 Å². The normalized spacial score (nSPS) is 21.3. The molecule has 1 fully saturated rings. The van der Waals surface area contributed by atoms with Crippen molar-refractivity contribution in [3.05, 3.63) is 40.2 Å². The summed E-state index contributed by atoms with van der Waals surface area (Å²) in [7, 11) is 0. The van der Waals surface area contributed by atoms with Crippen molar-refractivity contribution in [3.63, 3.8) is 0 Å². The first-order valence-corrected chi connectivity index (χ1v) is 13.2. The van der Waals surface area contributed by atoms with E-state index in [0.717, 1.165) is 86.4 Å². The minimum atomic E-state index is -4.34. The van der Waals surface area contributed by atoms with E-state index in [0.29, 0.717) is 12.3 Å². The van der Waals surface area contributed by atoms with Gasteiger partial charge in [-0.1, -0.05) is 11.3 Å². The standard InChI is InChI=1S/C25H33F3N4O2S/c1-17-14-19(6-10-29-17)15-23(33)30-20-4-2-18(3-5-20)7-11-32-12-8-21-22(9-13-32)35-24(31-21)34-16-25(26,27)28/h6,10,14,18,20H,2-5,7-9,11-13,15-16H2,1H3,(H,30,33)/t18-,20-. The Hall–Kier alpha value is -2.20. The lowest BCUT2D eigenvalue weighted by Gasteiger charge is -2.30. The number of ether oxygens (including phenoxy) is 1. The fraction of sp³-hybridized carbons (Fsp3) is 0.640. The summed E-state index contributed by atoms with van der Waals surface area (Å²) in [5, 5.41) is 3.33. The Morgan fingerprint density at radius 1 is 1.23 bits per heavy atom. The van der Waals surface area contributed by atoms with Gasteiger partial charge in [-0.05, 0) is 75.6 Å². The van der Waals surface area contributed by atoms with Crippen LogP contribution >= 0.6 is 11.3 Å². The molecular formula is C25H33F3N4O2S. The first-order chi connectivity index (χ1) is 16.7. The van der Waals surface area contributed by atoms with E-state index in [1.807, 2.05) is 19.1 Å². The average Bonchev–Trinajstić information content (AvgIpc) is 3.10. The Labute approximate surface area is 208 Å². The van der Waals surface area contributed by atoms with Gasteiger partial charge in [-0.25, -0.2) is 4.98 Å². The van der Waals surface area contributed by atoms with Gasteiger partial charge in [-0.2, -0.15) is 13.2 Å². The van der Waals surface area contributed by atoms with Crippen molar-refractivity contribution >= 4 is 17.2 Å². The number of carbonyl (C=O) groups is 1. The molecule has 0 saturated heterocycles. The molecule has 192 valence electrons. The quantitative estimate of drug-likeness (QED) is 0.567. The minimum absolute atomic E-state index is 0.0802. The van der Waals surface area contributed by atoms with E-state index >= 15 is 0 Å². The number of aryl methyl sites for hydroxylation is 1. The van der Waals surface area contributed by atoms with E-state index < -0.39 is 12.8 Å². The van der Waals surface area contributed by atoms with Crippen LogP contribution in [0.5, 0.6) is 5.19 Å². The molecule has 1 saturated carbocycles. The number of carbonyl (C=O) groups excluding carboxylic acids is 1. The second-order valence-corrected chi connectivity index (χ2v) is 10.7. The molecule has 0 atom stereocenters. The van der Waals surface area contributed by atoms with Crippen LogP contribution in [0.15, 0.2) is 18.3 Å². The maximum Gasteiger partial charge on any atom is 0.422 e. The van der Waals surface area contributed by atoms with Crippen LogP contribution in [0.25, 0.3) is 0 Å². The number of thiazole rings is 1. The van der Waals surface area contributed by atoms with Crippen LogP contribution in [0.3, 0.4) is 0 Å². The number of alkyl halides is 3. The lowest BCUT2D eigenvalue weighted by atomic mass is 9.84. The number of aromatic nitrogens is 2. The number of amides is 1. The summed E-state index contributed by atoms with van der Waals surface area (Å²) in [6.07, 6.45) is 4.78. The summed E-state index contributed by atoms with van der Waals surface area (Å²) in [6.45, 7) is 3.43. The summed E-state index contributed by atoms with van der Waals surface area (Å²) in [4.78, 5) is 24.4. The van der Waals surface area contributed by atoms with Gasteiger partial charge in [-0.3, -0.25) is 9.78 Å². The van der Waals surface area contributed by atoms with Crippen molar-refractivity contribution in [2.45, 2.75) is 70.5 Å². The molecule has 0 spiro atoms. The molecular weight excluding hydrogens is 477 g/mol. The third-order valence-corrected chi connectivity index (χ3v) is 7.90. The molecule has 2 aliphatic rings. The first kappa shape index (κ1) is 25.9. The number of nitrogens with one attached hydrogen (secondary N) is 1. The Morgan fingerprint density at radius 3 is 2.74 bits per heavy atom. The van der Waals surface area contributed by atoms with E-state index in [4.69, 9.17) is 4.74 Å². The van der Waals surface area contributed by atoms with Crippen LogP contribution in [-0.4, -0.2) is 59.2 Å². The fourth-order valence-corrected chi connectivity index (χ4v) is 5.90. The predicted octanol–water partition coefficient (Wildman–Crippen LogP) is 4.50. The molecule has 0 bridgehead atoms. The maximum atomic E-state index is 12.4. The molecule has 0 unspecified atom stereocenters. The van der Waals surface area contributed by atoms with Crippen molar-refractivity contribution in [3.8, 4) is 5.19 Å². The van der Waals surface area contributed by atoms with Crippen LogP contribution < -0.4 is 10.1 Å². The molecule has 0 aromatic carbocycles. The van der Waals surface area contributed by atoms with Crippen LogP contribution in [0.1, 0.15) is 53.9 Å². The molecule has 1 aliphatic carbocycles. The van der Waals surface area contributed by atoms with Gasteiger partial charge < -0.3 is 15.0 Å². The van der Waals surface area contributed by atoms with E-state index in [9.17, 15) is 18.0 Å². The number of pyridine rings is 1. The summed E-state index contributed by atoms with van der Waals surface area (Å²) >= 11 is 1.25. The molecule has 2 aromatic rings. The number of hydrogen-bond donors (Lipinski definition) is 1. The van der Waals surface area contributed by atoms with E-state index in [1.165, 1.54) is 11.3 Å². The number of hydrogen-bond acceptors (Lipinski definition) is 6. The van der Waals surface area contributed by atoms with E-state index in [1.54, 1.807) is 6.20 Å². The first-order valence-electron chi connectivity index (χ1n) is 12.3. The zero-order valence-corrected chi connectivity index (χ0v) is 20.9. The predicted molar refractivity (Wildman–Crippen MR) is 129 cm³/mol. The Balaban J connectivity index is 1.13. The molecule has 1 amide bonds. The zero-order valence-electron chi connectivity index (χ0n) is 20.1. The van der Waals surface area contributed by atoms with Crippen molar-refractivity contribution in [1.29, 1.82) is 0 Å². The Morgan fingerprint density at radius 2 is 2.00 bits per heavy atom. The maximum absolute atomic E-state index is 12.4. The largest absolute Gasteiger partial charge is 0.460 e. The number of rotatable bonds is 8. The highest BCUT2D eigenvalue weighted by molar-refractivity contribution is 7.13. The Kier molecular flexibility index (Phi) is 8.64. The number of fused-ring (bicyclic) bond motifs is 1. The van der Waals surface area contributed by atoms with Crippen LogP contribution in [0.4, 0.5) is 13.2 Å². The van der Waals surface area contributed by atoms with Gasteiger partial charge in [0, 0.05) is 42.3 Å². The van der Waals surface area contributed by atoms with Gasteiger partial charge in [0.2, 0.25) is 5.91 Å². The van der Waals surface area contributed by atoms with Crippen molar-refractivity contribution in [2.75, 3.05) is 26.2 Å². The number of nitrogens with zero attached hydrogens (tertiary/aromatic N) is 3. The molecule has 6 nitrogen and oxygen atoms in total. The van der Waals surface area contributed by atoms with Crippen molar-refractivity contribution in [1.82, 2.24) is 20.2 Å². The minimum Gasteiger partial charge on any atom is -0.460 e. The molecule has 2 aromatic heterocycles. The molecule has 0 radical (unpaired) electrons. The zero-order chi connectivity index (χ0) is 24.8. The van der Waals surface area contributed by atoms with Gasteiger partial charge >= 0.3 is 6.18 Å². The SMILES string of the molecule is Cc1cc(CC(=O)N[C@H]2CC[C@H](CCN3CCc4nc(OCC(F)(F)F)sc4CC3)CC2)ccn1. The third-order valence-electron chi connectivity index (χ3n) is 6.83. The second kappa shape index (κ2) is 11.7. The summed E-state index contributed by atoms with van der Waals surface area (Å²) in [5.41, 5.74) is 2.80. The monoisotopic (exact) mass is 510 g/mol. The van der Waals surface area contributed by atoms with Crippen molar-refractivity contribution < 1.29 is 22.7 Å². The summed E-state index contributed by atoms with van der Waals surface area (Å²) in [6, 6.07) is 4.10. The number of halogens is 3. The van der Waals surface area contributed by atoms with Gasteiger partial charge in [0.25, 0.3) is 5.19 Å². The van der Waals surface area contributed by atoms with Crippen molar-refractivity contribution in [2.24, 2.45) is 5.92 Å². The van der Waals surface area contributed by atoms with Crippen LogP contribution in [-0.2, 0) is 24.1 Å². The van der Waals surface area contributed by atoms with E-state index in [-0.39, 0.29) is 17.1 Å². The summed E-state index contributed by atoms with van der Waals surface area (Å²) in [5.74, 6) is 0.750. The summed E-state index contributed by atoms with van der Waals surface area (Å²) < 4.78 is 41.9. The smallest absolute Gasteiger partial charge is 0.422 e. The Bertz CT molecular complexity index is 964. The molecule has 35 heavy (non-hydrogen) atoms. The third kappa shape index (κ3) is 8.17. The molecule has 1 N–H and O–H groups in total. The molecule has 3 heterocycles. The van der Waals surface area contributed by atoms with Gasteiger partial charge in [0.1, 0.15) is 0 Å². The molecule has 4 rings (SSSR count). The topological polar surface area (TPSA) is 67.4 Å².